The minimum atomic E-state index is -3.75. The molecule has 0 aliphatic carbocycles. The molecule has 1 aromatic carbocycles. The van der Waals surface area contributed by atoms with Crippen LogP contribution in [-0.4, -0.2) is 38.5 Å². The van der Waals surface area contributed by atoms with E-state index in [2.05, 4.69) is 4.74 Å². The van der Waals surface area contributed by atoms with Gasteiger partial charge in [0.25, 0.3) is 0 Å². The van der Waals surface area contributed by atoms with Gasteiger partial charge < -0.3 is 10.5 Å². The molecule has 2 unspecified atom stereocenters. The minimum Gasteiger partial charge on any atom is -0.433 e. The van der Waals surface area contributed by atoms with E-state index >= 15 is 0 Å². The normalized spacial score (nSPS) is 23.7. The highest BCUT2D eigenvalue weighted by atomic mass is 35.5. The van der Waals surface area contributed by atoms with Gasteiger partial charge in [-0.15, -0.1) is 0 Å². The van der Waals surface area contributed by atoms with Crippen LogP contribution in [0.15, 0.2) is 23.1 Å². The van der Waals surface area contributed by atoms with Gasteiger partial charge in [0.05, 0.1) is 9.92 Å². The van der Waals surface area contributed by atoms with Gasteiger partial charge in [0.15, 0.2) is 0 Å². The molecule has 0 spiro atoms. The van der Waals surface area contributed by atoms with Crippen LogP contribution in [0.2, 0.25) is 5.02 Å². The maximum Gasteiger partial charge on any atom is 0.387 e. The van der Waals surface area contributed by atoms with E-state index in [-0.39, 0.29) is 34.2 Å². The van der Waals surface area contributed by atoms with Gasteiger partial charge in [0.2, 0.25) is 10.0 Å². The molecule has 1 heterocycles. The van der Waals surface area contributed by atoms with E-state index in [1.807, 2.05) is 6.92 Å². The van der Waals surface area contributed by atoms with Crippen molar-refractivity contribution in [2.45, 2.75) is 24.5 Å². The van der Waals surface area contributed by atoms with Crippen LogP contribution in [0.5, 0.6) is 5.75 Å². The van der Waals surface area contributed by atoms with Gasteiger partial charge in [-0.05, 0) is 24.1 Å². The molecule has 5 nitrogen and oxygen atoms in total. The van der Waals surface area contributed by atoms with Crippen molar-refractivity contribution in [1.82, 2.24) is 4.31 Å². The van der Waals surface area contributed by atoms with Crippen LogP contribution in [0.4, 0.5) is 8.78 Å². The lowest BCUT2D eigenvalue weighted by Gasteiger charge is -2.17. The lowest BCUT2D eigenvalue weighted by atomic mass is 10.1. The predicted octanol–water partition coefficient (Wildman–Crippen LogP) is 1.91. The Balaban J connectivity index is 2.27. The van der Waals surface area contributed by atoms with Crippen LogP contribution >= 0.6 is 11.6 Å². The van der Waals surface area contributed by atoms with Crippen molar-refractivity contribution in [3.8, 4) is 5.75 Å². The second kappa shape index (κ2) is 6.04. The average molecular weight is 341 g/mol. The minimum absolute atomic E-state index is 0.0525. The topological polar surface area (TPSA) is 72.6 Å². The van der Waals surface area contributed by atoms with Gasteiger partial charge in [-0.2, -0.15) is 13.1 Å². The Morgan fingerprint density at radius 3 is 2.57 bits per heavy atom. The second-order valence-electron chi connectivity index (χ2n) is 4.93. The molecule has 118 valence electrons. The zero-order valence-electron chi connectivity index (χ0n) is 11.2. The van der Waals surface area contributed by atoms with E-state index in [4.69, 9.17) is 17.3 Å². The SMILES string of the molecule is CC1CN(S(=O)(=O)c2ccc(OC(F)F)c(Cl)c2)CC1N. The number of ether oxygens (including phenoxy) is 1. The Bertz CT molecular complexity index is 617. The lowest BCUT2D eigenvalue weighted by Crippen LogP contribution is -2.32. The predicted molar refractivity (Wildman–Crippen MR) is 74.0 cm³/mol. The summed E-state index contributed by atoms with van der Waals surface area (Å²) in [5.74, 6) is -0.214. The molecule has 2 atom stereocenters. The van der Waals surface area contributed by atoms with Crippen molar-refractivity contribution in [2.24, 2.45) is 11.7 Å². The number of halogens is 3. The number of hydrogen-bond donors (Lipinski definition) is 1. The first-order valence-corrected chi connectivity index (χ1v) is 8.03. The third-order valence-corrected chi connectivity index (χ3v) is 5.52. The first-order valence-electron chi connectivity index (χ1n) is 6.22. The average Bonchev–Trinajstić information content (AvgIpc) is 2.72. The van der Waals surface area contributed by atoms with Crippen molar-refractivity contribution in [2.75, 3.05) is 13.1 Å². The van der Waals surface area contributed by atoms with Crippen molar-refractivity contribution in [3.05, 3.63) is 23.2 Å². The molecule has 21 heavy (non-hydrogen) atoms. The van der Waals surface area contributed by atoms with Gasteiger partial charge in [-0.3, -0.25) is 0 Å². The zero-order valence-corrected chi connectivity index (χ0v) is 12.7. The molecule has 1 aliphatic rings. The number of rotatable bonds is 4. The maximum absolute atomic E-state index is 12.4. The molecule has 1 aromatic rings. The van der Waals surface area contributed by atoms with E-state index in [1.54, 1.807) is 0 Å². The molecular formula is C12H15ClF2N2O3S. The number of nitrogens with zero attached hydrogens (tertiary/aromatic N) is 1. The lowest BCUT2D eigenvalue weighted by molar-refractivity contribution is -0.0498. The number of benzene rings is 1. The summed E-state index contributed by atoms with van der Waals surface area (Å²) in [5.41, 5.74) is 5.82. The van der Waals surface area contributed by atoms with Gasteiger partial charge in [-0.25, -0.2) is 8.42 Å². The molecule has 2 N–H and O–H groups in total. The van der Waals surface area contributed by atoms with Crippen LogP contribution < -0.4 is 10.5 Å². The Morgan fingerprint density at radius 2 is 2.10 bits per heavy atom. The Labute approximate surface area is 126 Å². The first kappa shape index (κ1) is 16.4. The zero-order chi connectivity index (χ0) is 15.8. The monoisotopic (exact) mass is 340 g/mol. The highest BCUT2D eigenvalue weighted by Gasteiger charge is 2.35. The van der Waals surface area contributed by atoms with E-state index in [0.29, 0.717) is 6.54 Å². The van der Waals surface area contributed by atoms with Crippen LogP contribution in [0.1, 0.15) is 6.92 Å². The van der Waals surface area contributed by atoms with Crippen molar-refractivity contribution in [1.29, 1.82) is 0 Å². The summed E-state index contributed by atoms with van der Waals surface area (Å²) in [4.78, 5) is -0.0737. The number of hydrogen-bond acceptors (Lipinski definition) is 4. The summed E-state index contributed by atoms with van der Waals surface area (Å²) in [6.45, 7) is -0.623. The molecule has 1 fully saturated rings. The highest BCUT2D eigenvalue weighted by Crippen LogP contribution is 2.31. The number of sulfonamides is 1. The largest absolute Gasteiger partial charge is 0.433 e. The quantitative estimate of drug-likeness (QED) is 0.908. The summed E-state index contributed by atoms with van der Waals surface area (Å²) in [5, 5.41) is -0.187. The van der Waals surface area contributed by atoms with Gasteiger partial charge in [0.1, 0.15) is 5.75 Å². The molecule has 0 saturated carbocycles. The van der Waals surface area contributed by atoms with E-state index < -0.39 is 16.6 Å². The van der Waals surface area contributed by atoms with Crippen LogP contribution in [0.25, 0.3) is 0 Å². The number of nitrogens with two attached hydrogens (primary N) is 1. The van der Waals surface area contributed by atoms with Crippen molar-refractivity contribution >= 4 is 21.6 Å². The summed E-state index contributed by atoms with van der Waals surface area (Å²) in [6, 6.07) is 3.17. The fourth-order valence-corrected chi connectivity index (χ4v) is 4.02. The molecule has 1 saturated heterocycles. The Morgan fingerprint density at radius 1 is 1.43 bits per heavy atom. The first-order chi connectivity index (χ1) is 9.71. The van der Waals surface area contributed by atoms with E-state index in [9.17, 15) is 17.2 Å². The maximum atomic E-state index is 12.4. The third-order valence-electron chi connectivity index (χ3n) is 3.39. The molecule has 9 heteroatoms. The molecule has 0 radical (unpaired) electrons. The van der Waals surface area contributed by atoms with E-state index in [1.165, 1.54) is 10.4 Å². The van der Waals surface area contributed by atoms with E-state index in [0.717, 1.165) is 12.1 Å². The summed E-state index contributed by atoms with van der Waals surface area (Å²) >= 11 is 5.78. The van der Waals surface area contributed by atoms with Gasteiger partial charge in [0, 0.05) is 19.1 Å². The molecule has 1 aliphatic heterocycles. The summed E-state index contributed by atoms with van der Waals surface area (Å²) in [7, 11) is -3.75. The van der Waals surface area contributed by atoms with Crippen LogP contribution in [0, 0.1) is 5.92 Å². The van der Waals surface area contributed by atoms with Gasteiger partial charge >= 0.3 is 6.61 Å². The fourth-order valence-electron chi connectivity index (χ4n) is 2.13. The summed E-state index contributed by atoms with van der Waals surface area (Å²) in [6.07, 6.45) is 0. The van der Waals surface area contributed by atoms with Crippen LogP contribution in [0.3, 0.4) is 0 Å². The smallest absolute Gasteiger partial charge is 0.387 e. The Kier molecular flexibility index (Phi) is 4.72. The molecule has 0 aromatic heterocycles. The van der Waals surface area contributed by atoms with Gasteiger partial charge in [-0.1, -0.05) is 18.5 Å². The molecule has 2 rings (SSSR count). The fraction of sp³-hybridized carbons (Fsp3) is 0.500. The van der Waals surface area contributed by atoms with Crippen molar-refractivity contribution < 1.29 is 21.9 Å². The summed E-state index contributed by atoms with van der Waals surface area (Å²) < 4.78 is 54.6. The number of alkyl halides is 2. The standard InChI is InChI=1S/C12H15ClF2N2O3S/c1-7-5-17(6-10(7)16)21(18,19)8-2-3-11(9(13)4-8)20-12(14)15/h2-4,7,10,12H,5-6,16H2,1H3. The molecular weight excluding hydrogens is 326 g/mol. The van der Waals surface area contributed by atoms with Crippen LogP contribution in [-0.2, 0) is 10.0 Å². The van der Waals surface area contributed by atoms with Crippen molar-refractivity contribution in [3.63, 3.8) is 0 Å². The second-order valence-corrected chi connectivity index (χ2v) is 7.28. The molecule has 0 amide bonds. The Hall–Kier alpha value is -0.960. The molecule has 0 bridgehead atoms. The third kappa shape index (κ3) is 3.45. The highest BCUT2D eigenvalue weighted by molar-refractivity contribution is 7.89.